The summed E-state index contributed by atoms with van der Waals surface area (Å²) in [7, 11) is -3.53. The van der Waals surface area contributed by atoms with Crippen molar-refractivity contribution in [2.45, 2.75) is 18.2 Å². The molecule has 0 radical (unpaired) electrons. The second kappa shape index (κ2) is 5.21. The monoisotopic (exact) mass is 340 g/mol. The van der Waals surface area contributed by atoms with Crippen LogP contribution in [-0.4, -0.2) is 25.2 Å². The second-order valence-corrected chi connectivity index (χ2v) is 7.80. The molecule has 2 aromatic carbocycles. The first-order valence-electron chi connectivity index (χ1n) is 7.72. The van der Waals surface area contributed by atoms with Gasteiger partial charge >= 0.3 is 0 Å². The number of rotatable bonds is 2. The van der Waals surface area contributed by atoms with E-state index in [1.54, 1.807) is 24.3 Å². The Bertz CT molecular complexity index is 993. The number of carbonyl (C=O) groups excluding carboxylic acids is 1. The average molecular weight is 340 g/mol. The number of fused-ring (bicyclic) bond motifs is 3. The predicted octanol–water partition coefficient (Wildman–Crippen LogP) is 2.75. The molecule has 1 N–H and O–H groups in total. The summed E-state index contributed by atoms with van der Waals surface area (Å²) in [6, 6.07) is 14.4. The molecule has 24 heavy (non-hydrogen) atoms. The van der Waals surface area contributed by atoms with Crippen molar-refractivity contribution in [3.05, 3.63) is 65.2 Å². The van der Waals surface area contributed by atoms with Crippen molar-refractivity contribution in [3.8, 4) is 0 Å². The van der Waals surface area contributed by atoms with E-state index in [0.29, 0.717) is 35.5 Å². The maximum absolute atomic E-state index is 12.7. The smallest absolute Gasteiger partial charge is 0.265 e. The van der Waals surface area contributed by atoms with Crippen molar-refractivity contribution >= 4 is 27.3 Å². The van der Waals surface area contributed by atoms with E-state index in [9.17, 15) is 13.2 Å². The minimum atomic E-state index is -3.53. The van der Waals surface area contributed by atoms with Crippen LogP contribution in [0.25, 0.3) is 5.70 Å². The van der Waals surface area contributed by atoms with Crippen molar-refractivity contribution < 1.29 is 13.2 Å². The van der Waals surface area contributed by atoms with E-state index in [1.165, 1.54) is 4.31 Å². The van der Waals surface area contributed by atoms with Crippen molar-refractivity contribution in [3.63, 3.8) is 0 Å². The van der Waals surface area contributed by atoms with Crippen molar-refractivity contribution in [2.24, 2.45) is 0 Å². The van der Waals surface area contributed by atoms with Crippen LogP contribution in [0.4, 0.5) is 5.69 Å². The zero-order valence-corrected chi connectivity index (χ0v) is 13.9. The summed E-state index contributed by atoms with van der Waals surface area (Å²) < 4.78 is 26.5. The van der Waals surface area contributed by atoms with Gasteiger partial charge in [-0.3, -0.25) is 9.10 Å². The summed E-state index contributed by atoms with van der Waals surface area (Å²) in [6.45, 7) is 2.26. The molecule has 2 heterocycles. The summed E-state index contributed by atoms with van der Waals surface area (Å²) in [5, 5.41) is 2.88. The van der Waals surface area contributed by atoms with Crippen molar-refractivity contribution in [2.75, 3.05) is 11.9 Å². The predicted molar refractivity (Wildman–Crippen MR) is 91.7 cm³/mol. The van der Waals surface area contributed by atoms with Gasteiger partial charge in [0.2, 0.25) is 0 Å². The minimum absolute atomic E-state index is 0.245. The van der Waals surface area contributed by atoms with E-state index >= 15 is 0 Å². The van der Waals surface area contributed by atoms with E-state index in [1.807, 2.05) is 31.2 Å². The van der Waals surface area contributed by atoms with Crippen LogP contribution in [-0.2, 0) is 14.8 Å². The van der Waals surface area contributed by atoms with E-state index in [2.05, 4.69) is 5.32 Å². The Kier molecular flexibility index (Phi) is 3.25. The summed E-state index contributed by atoms with van der Waals surface area (Å²) in [5.41, 5.74) is 3.41. The quantitative estimate of drug-likeness (QED) is 0.914. The van der Waals surface area contributed by atoms with Gasteiger partial charge in [-0.05, 0) is 37.1 Å². The molecule has 0 fully saturated rings. The van der Waals surface area contributed by atoms with Crippen LogP contribution in [0.5, 0.6) is 0 Å². The van der Waals surface area contributed by atoms with Gasteiger partial charge in [0.1, 0.15) is 0 Å². The Hall–Kier alpha value is -2.60. The number of hydrogen-bond acceptors (Lipinski definition) is 3. The summed E-state index contributed by atoms with van der Waals surface area (Å²) in [6.07, 6.45) is 0.417. The number of nitrogens with zero attached hydrogens (tertiary/aromatic N) is 1. The third-order valence-electron chi connectivity index (χ3n) is 4.36. The summed E-state index contributed by atoms with van der Waals surface area (Å²) in [4.78, 5) is 13.0. The molecule has 2 aliphatic heterocycles. The van der Waals surface area contributed by atoms with E-state index < -0.39 is 10.0 Å². The molecule has 4 rings (SSSR count). The molecule has 0 bridgehead atoms. The molecule has 0 aromatic heterocycles. The number of sulfonamides is 1. The highest BCUT2D eigenvalue weighted by Crippen LogP contribution is 2.44. The Morgan fingerprint density at radius 2 is 1.92 bits per heavy atom. The molecular formula is C18H16N2O3S. The number of aryl methyl sites for hydroxylation is 1. The SMILES string of the molecule is Cc1cccc(NC(=O)C2=C3c4ccccc4S(=O)(=O)N3CC2)c1. The Balaban J connectivity index is 1.77. The van der Waals surface area contributed by atoms with Crippen LogP contribution in [0.1, 0.15) is 17.5 Å². The molecule has 0 saturated carbocycles. The highest BCUT2D eigenvalue weighted by molar-refractivity contribution is 7.90. The summed E-state index contributed by atoms with van der Waals surface area (Å²) in [5.74, 6) is -0.245. The van der Waals surface area contributed by atoms with Gasteiger partial charge in [-0.1, -0.05) is 30.3 Å². The van der Waals surface area contributed by atoms with Crippen LogP contribution in [0.15, 0.2) is 59.0 Å². The number of hydrogen-bond donors (Lipinski definition) is 1. The number of amides is 1. The maximum Gasteiger partial charge on any atom is 0.265 e. The van der Waals surface area contributed by atoms with Gasteiger partial charge < -0.3 is 5.32 Å². The van der Waals surface area contributed by atoms with Gasteiger partial charge in [0.15, 0.2) is 0 Å². The molecule has 2 aromatic rings. The fourth-order valence-corrected chi connectivity index (χ4v) is 5.00. The Morgan fingerprint density at radius 3 is 2.71 bits per heavy atom. The van der Waals surface area contributed by atoms with E-state index in [0.717, 1.165) is 5.56 Å². The summed E-state index contributed by atoms with van der Waals surface area (Å²) >= 11 is 0. The molecule has 0 atom stereocenters. The third kappa shape index (κ3) is 2.14. The van der Waals surface area contributed by atoms with Crippen LogP contribution in [0.3, 0.4) is 0 Å². The van der Waals surface area contributed by atoms with Crippen LogP contribution < -0.4 is 5.32 Å². The number of carbonyl (C=O) groups is 1. The molecule has 5 nitrogen and oxygen atoms in total. The molecule has 0 spiro atoms. The van der Waals surface area contributed by atoms with Crippen LogP contribution in [0, 0.1) is 6.92 Å². The molecule has 0 unspecified atom stereocenters. The molecule has 0 aliphatic carbocycles. The molecular weight excluding hydrogens is 324 g/mol. The van der Waals surface area contributed by atoms with Crippen LogP contribution in [0.2, 0.25) is 0 Å². The third-order valence-corrected chi connectivity index (χ3v) is 6.22. The normalized spacial score (nSPS) is 17.6. The van der Waals surface area contributed by atoms with Gasteiger partial charge in [0, 0.05) is 23.4 Å². The molecule has 6 heteroatoms. The number of anilines is 1. The largest absolute Gasteiger partial charge is 0.322 e. The van der Waals surface area contributed by atoms with E-state index in [-0.39, 0.29) is 10.8 Å². The van der Waals surface area contributed by atoms with Gasteiger partial charge in [0.05, 0.1) is 10.6 Å². The lowest BCUT2D eigenvalue weighted by Crippen LogP contribution is -2.21. The Labute approximate surface area is 140 Å². The molecule has 0 saturated heterocycles. The first-order chi connectivity index (χ1) is 11.5. The lowest BCUT2D eigenvalue weighted by Gasteiger charge is -2.12. The minimum Gasteiger partial charge on any atom is -0.322 e. The molecule has 1 amide bonds. The topological polar surface area (TPSA) is 66.5 Å². The Morgan fingerprint density at radius 1 is 1.12 bits per heavy atom. The fourth-order valence-electron chi connectivity index (χ4n) is 3.29. The highest BCUT2D eigenvalue weighted by atomic mass is 32.2. The molecule has 122 valence electrons. The van der Waals surface area contributed by atoms with Crippen molar-refractivity contribution in [1.29, 1.82) is 0 Å². The molecule has 2 aliphatic rings. The maximum atomic E-state index is 12.7. The number of nitrogens with one attached hydrogen (secondary N) is 1. The lowest BCUT2D eigenvalue weighted by atomic mass is 10.1. The average Bonchev–Trinajstić information content (AvgIpc) is 3.08. The second-order valence-electron chi connectivity index (χ2n) is 5.97. The zero-order valence-electron chi connectivity index (χ0n) is 13.1. The van der Waals surface area contributed by atoms with Gasteiger partial charge in [-0.25, -0.2) is 8.42 Å². The number of benzene rings is 2. The first kappa shape index (κ1) is 15.0. The fraction of sp³-hybridized carbons (Fsp3) is 0.167. The highest BCUT2D eigenvalue weighted by Gasteiger charge is 2.43. The van der Waals surface area contributed by atoms with Gasteiger partial charge in [-0.2, -0.15) is 0 Å². The van der Waals surface area contributed by atoms with Crippen LogP contribution >= 0.6 is 0 Å². The van der Waals surface area contributed by atoms with Gasteiger partial charge in [-0.15, -0.1) is 0 Å². The lowest BCUT2D eigenvalue weighted by molar-refractivity contribution is -0.112. The standard InChI is InChI=1S/C18H16N2O3S/c1-12-5-4-6-13(11-12)19-18(21)15-9-10-20-17(15)14-7-2-3-8-16(14)24(20,22)23/h2-8,11H,9-10H2,1H3,(H,19,21). The van der Waals surface area contributed by atoms with Gasteiger partial charge in [0.25, 0.3) is 15.9 Å². The zero-order chi connectivity index (χ0) is 16.9. The van der Waals surface area contributed by atoms with Crippen molar-refractivity contribution in [1.82, 2.24) is 4.31 Å². The van der Waals surface area contributed by atoms with E-state index in [4.69, 9.17) is 0 Å². The first-order valence-corrected chi connectivity index (χ1v) is 9.16.